The van der Waals surface area contributed by atoms with Gasteiger partial charge in [0.15, 0.2) is 17.3 Å². The van der Waals surface area contributed by atoms with E-state index < -0.39 is 17.2 Å². The lowest BCUT2D eigenvalue weighted by Gasteiger charge is -2.29. The summed E-state index contributed by atoms with van der Waals surface area (Å²) in [4.78, 5) is 43.8. The Morgan fingerprint density at radius 2 is 1.54 bits per heavy atom. The summed E-state index contributed by atoms with van der Waals surface area (Å²) in [6.07, 6.45) is 8.24. The maximum atomic E-state index is 15.9. The SMILES string of the molecule is NC(=O)CN1CCCC1.O=C(NCCN1CCCC1)c1cn2c3c(c(N4CCCC4)c(F)cc3c1=O)Oc1cc3c(cc1-2)oc1ccccc13. The largest absolute Gasteiger partial charge is 0.456 e. The second-order valence-corrected chi connectivity index (χ2v) is 13.6. The normalized spacial score (nSPS) is 17.3. The Balaban J connectivity index is 0.000000352. The number of furan rings is 1. The van der Waals surface area contributed by atoms with Crippen LogP contribution in [0, 0.1) is 5.82 Å². The van der Waals surface area contributed by atoms with E-state index in [1.807, 2.05) is 41.3 Å². The first kappa shape index (κ1) is 32.3. The maximum absolute atomic E-state index is 15.9. The number of anilines is 1. The molecule has 260 valence electrons. The molecule has 3 aromatic carbocycles. The van der Waals surface area contributed by atoms with E-state index in [9.17, 15) is 14.4 Å². The number of hydrogen-bond donors (Lipinski definition) is 2. The predicted octanol–water partition coefficient (Wildman–Crippen LogP) is 5.13. The number of carbonyl (C=O) groups is 2. The van der Waals surface area contributed by atoms with Crippen molar-refractivity contribution in [3.8, 4) is 17.2 Å². The number of carbonyl (C=O) groups excluding carboxylic acids is 2. The van der Waals surface area contributed by atoms with Crippen LogP contribution >= 0.6 is 0 Å². The van der Waals surface area contributed by atoms with Gasteiger partial charge in [-0.2, -0.15) is 0 Å². The van der Waals surface area contributed by atoms with E-state index in [0.29, 0.717) is 60.2 Å². The van der Waals surface area contributed by atoms with Crippen molar-refractivity contribution in [3.05, 3.63) is 70.3 Å². The van der Waals surface area contributed by atoms with Crippen LogP contribution < -0.4 is 26.1 Å². The molecular formula is C38H41FN6O5. The zero-order valence-electron chi connectivity index (χ0n) is 28.0. The Labute approximate surface area is 288 Å². The third kappa shape index (κ3) is 5.96. The number of likely N-dealkylation sites (tertiary alicyclic amines) is 2. The van der Waals surface area contributed by atoms with Crippen molar-refractivity contribution >= 4 is 50.3 Å². The molecule has 0 aliphatic carbocycles. The summed E-state index contributed by atoms with van der Waals surface area (Å²) in [5.41, 5.74) is 7.28. The Morgan fingerprint density at radius 1 is 0.840 bits per heavy atom. The zero-order valence-corrected chi connectivity index (χ0v) is 28.0. The summed E-state index contributed by atoms with van der Waals surface area (Å²) in [5.74, 6) is -0.393. The Hall–Kier alpha value is -4.94. The molecule has 3 N–H and O–H groups in total. The van der Waals surface area contributed by atoms with E-state index >= 15 is 4.39 Å². The minimum Gasteiger partial charge on any atom is -0.456 e. The summed E-state index contributed by atoms with van der Waals surface area (Å²) < 4.78 is 30.3. The summed E-state index contributed by atoms with van der Waals surface area (Å²) in [7, 11) is 0. The number of amides is 2. The number of rotatable bonds is 7. The van der Waals surface area contributed by atoms with Gasteiger partial charge in [-0.25, -0.2) is 4.39 Å². The lowest BCUT2D eigenvalue weighted by Crippen LogP contribution is -2.36. The molecule has 0 spiro atoms. The smallest absolute Gasteiger partial charge is 0.256 e. The first-order chi connectivity index (χ1) is 24.4. The molecule has 3 fully saturated rings. The molecule has 11 nitrogen and oxygen atoms in total. The number of halogens is 1. The van der Waals surface area contributed by atoms with E-state index in [0.717, 1.165) is 74.8 Å². The standard InChI is InChI=1S/C32H29FN4O4.C6H12N2O/c33-23-15-21-28-31(29(23)36-12-5-6-13-36)41-27-16-20-19-7-1-2-8-25(19)40-26(20)17-24(27)37(28)18-22(30(21)38)32(39)34-9-14-35-10-3-4-11-35;7-6(9)5-8-3-1-2-4-8/h1-2,7-8,15-18H,3-6,9-14H2,(H,34,39);1-5H2,(H2,7,9). The van der Waals surface area contributed by atoms with E-state index in [1.54, 1.807) is 10.8 Å². The second kappa shape index (κ2) is 13.4. The van der Waals surface area contributed by atoms with Crippen molar-refractivity contribution < 1.29 is 23.1 Å². The van der Waals surface area contributed by atoms with Crippen molar-refractivity contribution in [1.29, 1.82) is 0 Å². The van der Waals surface area contributed by atoms with Crippen molar-refractivity contribution in [1.82, 2.24) is 19.7 Å². The minimum atomic E-state index is -0.525. The lowest BCUT2D eigenvalue weighted by molar-refractivity contribution is -0.118. The molecule has 4 aliphatic rings. The van der Waals surface area contributed by atoms with Gasteiger partial charge in [-0.3, -0.25) is 19.3 Å². The third-order valence-corrected chi connectivity index (χ3v) is 10.3. The van der Waals surface area contributed by atoms with Crippen LogP contribution in [0.1, 0.15) is 48.9 Å². The molecule has 50 heavy (non-hydrogen) atoms. The number of nitrogens with zero attached hydrogens (tertiary/aromatic N) is 4. The fraction of sp³-hybridized carbons (Fsp3) is 0.395. The number of hydrogen-bond acceptors (Lipinski definition) is 8. The second-order valence-electron chi connectivity index (χ2n) is 13.6. The average Bonchev–Trinajstić information content (AvgIpc) is 3.94. The predicted molar refractivity (Wildman–Crippen MR) is 191 cm³/mol. The number of fused-ring (bicyclic) bond motifs is 5. The van der Waals surface area contributed by atoms with Crippen molar-refractivity contribution in [2.45, 2.75) is 38.5 Å². The Morgan fingerprint density at radius 3 is 2.28 bits per heavy atom. The molecule has 2 amide bonds. The number of primary amides is 1. The molecule has 4 aliphatic heterocycles. The van der Waals surface area contributed by atoms with E-state index in [-0.39, 0.29) is 16.9 Å². The third-order valence-electron chi connectivity index (χ3n) is 10.3. The zero-order chi connectivity index (χ0) is 34.4. The van der Waals surface area contributed by atoms with Gasteiger partial charge in [0, 0.05) is 49.2 Å². The number of nitrogens with one attached hydrogen (secondary N) is 1. The van der Waals surface area contributed by atoms with Gasteiger partial charge in [-0.05, 0) is 82.9 Å². The van der Waals surface area contributed by atoms with Gasteiger partial charge in [0.25, 0.3) is 5.91 Å². The van der Waals surface area contributed by atoms with Gasteiger partial charge < -0.3 is 34.6 Å². The quantitative estimate of drug-likeness (QED) is 0.238. The van der Waals surface area contributed by atoms with Gasteiger partial charge in [-0.1, -0.05) is 18.2 Å². The molecule has 12 heteroatoms. The molecule has 0 unspecified atom stereocenters. The van der Waals surface area contributed by atoms with Crippen molar-refractivity contribution in [2.75, 3.05) is 63.8 Å². The molecule has 0 bridgehead atoms. The molecule has 2 aromatic heterocycles. The maximum Gasteiger partial charge on any atom is 0.256 e. The number of aromatic nitrogens is 1. The van der Waals surface area contributed by atoms with Crippen LogP contribution in [0.15, 0.2) is 57.9 Å². The van der Waals surface area contributed by atoms with Crippen molar-refractivity contribution in [3.63, 3.8) is 0 Å². The molecule has 5 aromatic rings. The van der Waals surface area contributed by atoms with E-state index in [4.69, 9.17) is 14.9 Å². The van der Waals surface area contributed by atoms with Gasteiger partial charge in [0.1, 0.15) is 27.9 Å². The summed E-state index contributed by atoms with van der Waals surface area (Å²) in [6.45, 7) is 7.15. The van der Waals surface area contributed by atoms with Crippen LogP contribution in [0.25, 0.3) is 38.5 Å². The van der Waals surface area contributed by atoms with Gasteiger partial charge in [0.2, 0.25) is 11.3 Å². The van der Waals surface area contributed by atoms with Crippen LogP contribution in [-0.4, -0.2) is 85.1 Å². The van der Waals surface area contributed by atoms with Crippen LogP contribution in [0.4, 0.5) is 10.1 Å². The fourth-order valence-electron chi connectivity index (χ4n) is 7.81. The minimum absolute atomic E-state index is 0.0317. The highest BCUT2D eigenvalue weighted by molar-refractivity contribution is 6.07. The van der Waals surface area contributed by atoms with E-state index in [1.165, 1.54) is 18.9 Å². The van der Waals surface area contributed by atoms with Gasteiger partial charge in [-0.15, -0.1) is 0 Å². The van der Waals surface area contributed by atoms with Crippen LogP contribution in [0.5, 0.6) is 11.5 Å². The molecule has 6 heterocycles. The highest BCUT2D eigenvalue weighted by Crippen LogP contribution is 2.48. The molecule has 0 atom stereocenters. The Kier molecular flexibility index (Phi) is 8.65. The Bertz CT molecular complexity index is 2180. The van der Waals surface area contributed by atoms with Gasteiger partial charge >= 0.3 is 0 Å². The summed E-state index contributed by atoms with van der Waals surface area (Å²) >= 11 is 0. The monoisotopic (exact) mass is 680 g/mol. The van der Waals surface area contributed by atoms with Crippen LogP contribution in [0.3, 0.4) is 0 Å². The summed E-state index contributed by atoms with van der Waals surface area (Å²) in [5, 5.41) is 4.85. The van der Waals surface area contributed by atoms with Crippen molar-refractivity contribution in [2.24, 2.45) is 5.73 Å². The number of benzene rings is 3. The molecule has 3 saturated heterocycles. The van der Waals surface area contributed by atoms with Gasteiger partial charge in [0.05, 0.1) is 17.6 Å². The lowest BCUT2D eigenvalue weighted by atomic mass is 10.0. The topological polar surface area (TPSA) is 126 Å². The highest BCUT2D eigenvalue weighted by atomic mass is 19.1. The highest BCUT2D eigenvalue weighted by Gasteiger charge is 2.32. The number of nitrogens with two attached hydrogens (primary N) is 1. The summed E-state index contributed by atoms with van der Waals surface area (Å²) in [6, 6.07) is 12.8. The molecule has 0 radical (unpaired) electrons. The first-order valence-electron chi connectivity index (χ1n) is 17.7. The fourth-order valence-corrected chi connectivity index (χ4v) is 7.81. The number of pyridine rings is 1. The van der Waals surface area contributed by atoms with Crippen LogP contribution in [-0.2, 0) is 4.79 Å². The van der Waals surface area contributed by atoms with E-state index in [2.05, 4.69) is 15.1 Å². The first-order valence-corrected chi connectivity index (χ1v) is 17.7. The molecule has 9 rings (SSSR count). The average molecular weight is 681 g/mol. The number of ether oxygens (including phenoxy) is 1. The molecule has 0 saturated carbocycles. The number of para-hydroxylation sites is 1. The van der Waals surface area contributed by atoms with Crippen LogP contribution in [0.2, 0.25) is 0 Å². The molecular weight excluding hydrogens is 639 g/mol.